The van der Waals surface area contributed by atoms with Gasteiger partial charge in [0.25, 0.3) is 0 Å². The van der Waals surface area contributed by atoms with Crippen molar-refractivity contribution in [2.24, 2.45) is 5.92 Å². The van der Waals surface area contributed by atoms with E-state index in [0.717, 1.165) is 24.1 Å². The highest BCUT2D eigenvalue weighted by molar-refractivity contribution is 5.05. The molecule has 1 aliphatic rings. The summed E-state index contributed by atoms with van der Waals surface area (Å²) in [6.07, 6.45) is 4.65. The summed E-state index contributed by atoms with van der Waals surface area (Å²) in [6, 6.07) is 0. The van der Waals surface area contributed by atoms with Crippen LogP contribution in [0.25, 0.3) is 0 Å². The molecule has 0 atom stereocenters. The van der Waals surface area contributed by atoms with Gasteiger partial charge in [-0.15, -0.1) is 0 Å². The molecule has 1 fully saturated rings. The van der Waals surface area contributed by atoms with Crippen molar-refractivity contribution in [3.05, 3.63) is 17.8 Å². The molecule has 0 radical (unpaired) electrons. The Morgan fingerprint density at radius 1 is 1.44 bits per heavy atom. The van der Waals surface area contributed by atoms with Crippen molar-refractivity contribution in [3.63, 3.8) is 0 Å². The van der Waals surface area contributed by atoms with Crippen molar-refractivity contribution in [1.29, 1.82) is 0 Å². The Labute approximate surface area is 97.8 Å². The van der Waals surface area contributed by atoms with Crippen LogP contribution in [0.15, 0.2) is 10.6 Å². The highest BCUT2D eigenvalue weighted by Crippen LogP contribution is 2.30. The van der Waals surface area contributed by atoms with E-state index in [1.54, 1.807) is 0 Å². The van der Waals surface area contributed by atoms with E-state index in [9.17, 15) is 0 Å². The van der Waals surface area contributed by atoms with Crippen LogP contribution in [0.5, 0.6) is 0 Å². The molecular weight excluding hydrogens is 200 g/mol. The molecule has 1 aliphatic carbocycles. The lowest BCUT2D eigenvalue weighted by molar-refractivity contribution is 0.267. The zero-order valence-corrected chi connectivity index (χ0v) is 10.8. The van der Waals surface area contributed by atoms with Crippen molar-refractivity contribution in [2.75, 3.05) is 13.6 Å². The van der Waals surface area contributed by atoms with E-state index in [1.807, 2.05) is 6.20 Å². The van der Waals surface area contributed by atoms with E-state index >= 15 is 0 Å². The Bertz CT molecular complexity index is 347. The largest absolute Gasteiger partial charge is 0.444 e. The van der Waals surface area contributed by atoms with Gasteiger partial charge in [0.2, 0.25) is 5.89 Å². The molecule has 0 saturated heterocycles. The Balaban J connectivity index is 1.91. The Morgan fingerprint density at radius 3 is 2.62 bits per heavy atom. The van der Waals surface area contributed by atoms with E-state index in [0.29, 0.717) is 0 Å². The van der Waals surface area contributed by atoms with Crippen molar-refractivity contribution < 1.29 is 4.42 Å². The highest BCUT2D eigenvalue weighted by Gasteiger charge is 2.24. The van der Waals surface area contributed by atoms with Crippen LogP contribution in [0.3, 0.4) is 0 Å². The third kappa shape index (κ3) is 3.08. The van der Waals surface area contributed by atoms with Gasteiger partial charge in [-0.05, 0) is 25.8 Å². The number of aromatic nitrogens is 1. The maximum Gasteiger partial charge on any atom is 0.208 e. The minimum Gasteiger partial charge on any atom is -0.444 e. The molecule has 0 spiro atoms. The zero-order valence-electron chi connectivity index (χ0n) is 10.8. The molecule has 16 heavy (non-hydrogen) atoms. The lowest BCUT2D eigenvalue weighted by atomic mass is 9.94. The molecular formula is C13H22N2O. The second-order valence-electron chi connectivity index (χ2n) is 6.01. The fraction of sp³-hybridized carbons (Fsp3) is 0.769. The van der Waals surface area contributed by atoms with Crippen LogP contribution >= 0.6 is 0 Å². The van der Waals surface area contributed by atoms with E-state index in [-0.39, 0.29) is 5.41 Å². The number of hydrogen-bond donors (Lipinski definition) is 0. The van der Waals surface area contributed by atoms with E-state index in [2.05, 4.69) is 37.7 Å². The summed E-state index contributed by atoms with van der Waals surface area (Å²) in [5.41, 5.74) is 0.0559. The topological polar surface area (TPSA) is 29.3 Å². The predicted molar refractivity (Wildman–Crippen MR) is 64.3 cm³/mol. The molecule has 0 bridgehead atoms. The van der Waals surface area contributed by atoms with Gasteiger partial charge in [0.05, 0.1) is 12.7 Å². The van der Waals surface area contributed by atoms with Crippen LogP contribution in [0.2, 0.25) is 0 Å². The summed E-state index contributed by atoms with van der Waals surface area (Å²) in [6.45, 7) is 8.43. The normalized spacial score (nSPS) is 17.1. The molecule has 0 aliphatic heterocycles. The average molecular weight is 222 g/mol. The molecule has 1 aromatic heterocycles. The summed E-state index contributed by atoms with van der Waals surface area (Å²) < 4.78 is 5.77. The molecule has 0 aromatic carbocycles. The quantitative estimate of drug-likeness (QED) is 0.784. The van der Waals surface area contributed by atoms with Crippen molar-refractivity contribution in [2.45, 2.75) is 45.6 Å². The van der Waals surface area contributed by atoms with Crippen LogP contribution < -0.4 is 0 Å². The number of rotatable bonds is 4. The second kappa shape index (κ2) is 4.21. The zero-order chi connectivity index (χ0) is 11.8. The molecule has 0 unspecified atom stereocenters. The Hall–Kier alpha value is -0.830. The lowest BCUT2D eigenvalue weighted by Crippen LogP contribution is -2.20. The standard InChI is InChI=1S/C13H22N2O/c1-13(2,3)11-7-14-12(16-11)9-15(4)8-10-5-6-10/h7,10H,5-6,8-9H2,1-4H3. The summed E-state index contributed by atoms with van der Waals surface area (Å²) in [5, 5.41) is 0. The van der Waals surface area contributed by atoms with Crippen LogP contribution in [0.1, 0.15) is 45.3 Å². The summed E-state index contributed by atoms with van der Waals surface area (Å²) in [5.74, 6) is 2.73. The molecule has 1 saturated carbocycles. The lowest BCUT2D eigenvalue weighted by Gasteiger charge is -2.15. The number of nitrogens with zero attached hydrogens (tertiary/aromatic N) is 2. The van der Waals surface area contributed by atoms with Crippen LogP contribution in [0.4, 0.5) is 0 Å². The Kier molecular flexibility index (Phi) is 3.06. The summed E-state index contributed by atoms with van der Waals surface area (Å²) in [4.78, 5) is 6.64. The highest BCUT2D eigenvalue weighted by atomic mass is 16.4. The van der Waals surface area contributed by atoms with Crippen LogP contribution in [0, 0.1) is 5.92 Å². The van der Waals surface area contributed by atoms with Crippen molar-refractivity contribution in [3.8, 4) is 0 Å². The van der Waals surface area contributed by atoms with Gasteiger partial charge in [-0.3, -0.25) is 4.90 Å². The molecule has 90 valence electrons. The van der Waals surface area contributed by atoms with Gasteiger partial charge in [0.1, 0.15) is 5.76 Å². The molecule has 3 heteroatoms. The Morgan fingerprint density at radius 2 is 2.12 bits per heavy atom. The van der Waals surface area contributed by atoms with Gasteiger partial charge in [-0.2, -0.15) is 0 Å². The van der Waals surface area contributed by atoms with E-state index in [1.165, 1.54) is 19.4 Å². The molecule has 2 rings (SSSR count). The smallest absolute Gasteiger partial charge is 0.208 e. The fourth-order valence-electron chi connectivity index (χ4n) is 1.77. The molecule has 0 amide bonds. The van der Waals surface area contributed by atoms with Gasteiger partial charge < -0.3 is 4.42 Å². The summed E-state index contributed by atoms with van der Waals surface area (Å²) in [7, 11) is 2.14. The van der Waals surface area contributed by atoms with Gasteiger partial charge in [-0.25, -0.2) is 4.98 Å². The molecule has 3 nitrogen and oxygen atoms in total. The first-order chi connectivity index (χ1) is 7.45. The van der Waals surface area contributed by atoms with Gasteiger partial charge in [0, 0.05) is 12.0 Å². The SMILES string of the molecule is CN(Cc1ncc(C(C)(C)C)o1)CC1CC1. The summed E-state index contributed by atoms with van der Waals surface area (Å²) >= 11 is 0. The fourth-order valence-corrected chi connectivity index (χ4v) is 1.77. The predicted octanol–water partition coefficient (Wildman–Crippen LogP) is 2.81. The minimum atomic E-state index is 0.0559. The van der Waals surface area contributed by atoms with Gasteiger partial charge in [0.15, 0.2) is 0 Å². The van der Waals surface area contributed by atoms with Gasteiger partial charge in [-0.1, -0.05) is 20.8 Å². The first kappa shape index (κ1) is 11.6. The van der Waals surface area contributed by atoms with Crippen molar-refractivity contribution in [1.82, 2.24) is 9.88 Å². The van der Waals surface area contributed by atoms with Crippen molar-refractivity contribution >= 4 is 0 Å². The molecule has 1 heterocycles. The van der Waals surface area contributed by atoms with Crippen LogP contribution in [-0.4, -0.2) is 23.5 Å². The maximum absolute atomic E-state index is 5.77. The second-order valence-corrected chi connectivity index (χ2v) is 6.01. The number of oxazole rings is 1. The van der Waals surface area contributed by atoms with E-state index < -0.39 is 0 Å². The van der Waals surface area contributed by atoms with Gasteiger partial charge >= 0.3 is 0 Å². The first-order valence-electron chi connectivity index (χ1n) is 6.09. The van der Waals surface area contributed by atoms with Crippen LogP contribution in [-0.2, 0) is 12.0 Å². The minimum absolute atomic E-state index is 0.0559. The average Bonchev–Trinajstić information content (AvgIpc) is 2.80. The van der Waals surface area contributed by atoms with E-state index in [4.69, 9.17) is 4.42 Å². The maximum atomic E-state index is 5.77. The molecule has 1 aromatic rings. The first-order valence-corrected chi connectivity index (χ1v) is 6.09. The molecule has 0 N–H and O–H groups in total. The third-order valence-electron chi connectivity index (χ3n) is 2.96. The number of hydrogen-bond acceptors (Lipinski definition) is 3. The monoisotopic (exact) mass is 222 g/mol. The third-order valence-corrected chi connectivity index (χ3v) is 2.96.